The van der Waals surface area contributed by atoms with Crippen LogP contribution in [0.15, 0.2) is 11.6 Å². The molecule has 3 nitrogen and oxygen atoms in total. The minimum absolute atomic E-state index is 0.564. The third kappa shape index (κ3) is 3.80. The molecule has 1 rings (SSSR count). The lowest BCUT2D eigenvalue weighted by atomic mass is 10.2. The molecule has 0 radical (unpaired) electrons. The third-order valence-electron chi connectivity index (χ3n) is 1.23. The van der Waals surface area contributed by atoms with Gasteiger partial charge in [0.15, 0.2) is 0 Å². The van der Waals surface area contributed by atoms with Gasteiger partial charge in [0.2, 0.25) is 0 Å². The summed E-state index contributed by atoms with van der Waals surface area (Å²) in [5.41, 5.74) is 2.87. The Bertz CT molecular complexity index is 199. The fraction of sp³-hybridized carbons (Fsp3) is 0.625. The molecular weight excluding hydrogens is 172 g/mol. The Morgan fingerprint density at radius 2 is 2.50 bits per heavy atom. The Hall–Kier alpha value is -0.450. The molecule has 0 atom stereocenters. The van der Waals surface area contributed by atoms with Crippen LogP contribution in [0.4, 0.5) is 0 Å². The third-order valence-corrected chi connectivity index (χ3v) is 2.01. The molecule has 0 unspecified atom stereocenters. The number of thiazole rings is 1. The summed E-state index contributed by atoms with van der Waals surface area (Å²) in [6.07, 6.45) is 1.80. The number of rotatable bonds is 5. The van der Waals surface area contributed by atoms with Gasteiger partial charge in [0.05, 0.1) is 13.2 Å². The van der Waals surface area contributed by atoms with E-state index in [-0.39, 0.29) is 0 Å². The lowest BCUT2D eigenvalue weighted by Gasteiger charge is -2.05. The van der Waals surface area contributed by atoms with Crippen molar-refractivity contribution in [2.24, 2.45) is 5.92 Å². The molecule has 1 N–H and O–H groups in total. The molecule has 0 amide bonds. The van der Waals surface area contributed by atoms with Crippen LogP contribution in [0.5, 0.6) is 0 Å². The van der Waals surface area contributed by atoms with E-state index in [1.54, 1.807) is 17.5 Å². The Balaban J connectivity index is 2.04. The summed E-state index contributed by atoms with van der Waals surface area (Å²) in [4.78, 5) is 9.29. The van der Waals surface area contributed by atoms with Gasteiger partial charge < -0.3 is 4.84 Å². The van der Waals surface area contributed by atoms with Gasteiger partial charge in [-0.05, 0) is 5.92 Å². The average Bonchev–Trinajstić information content (AvgIpc) is 2.49. The van der Waals surface area contributed by atoms with E-state index in [0.717, 1.165) is 11.6 Å². The number of hydrogen-bond donors (Lipinski definition) is 1. The summed E-state index contributed by atoms with van der Waals surface area (Å²) >= 11 is 1.63. The van der Waals surface area contributed by atoms with E-state index in [4.69, 9.17) is 4.84 Å². The van der Waals surface area contributed by atoms with Crippen LogP contribution in [-0.4, -0.2) is 11.6 Å². The molecule has 12 heavy (non-hydrogen) atoms. The predicted octanol–water partition coefficient (Wildman–Crippen LogP) is 1.82. The molecular formula is C8H14N2OS. The lowest BCUT2D eigenvalue weighted by Crippen LogP contribution is -2.17. The van der Waals surface area contributed by atoms with Crippen LogP contribution in [-0.2, 0) is 11.4 Å². The highest BCUT2D eigenvalue weighted by Gasteiger charge is 1.95. The first-order valence-electron chi connectivity index (χ1n) is 4.02. The molecule has 0 aliphatic heterocycles. The molecule has 0 saturated carbocycles. The van der Waals surface area contributed by atoms with E-state index in [1.807, 2.05) is 5.38 Å². The van der Waals surface area contributed by atoms with E-state index < -0.39 is 0 Å². The minimum Gasteiger partial charge on any atom is -0.301 e. The van der Waals surface area contributed by atoms with Gasteiger partial charge in [0, 0.05) is 11.6 Å². The second-order valence-corrected chi connectivity index (χ2v) is 3.93. The van der Waals surface area contributed by atoms with Crippen LogP contribution in [0.1, 0.15) is 18.9 Å². The average molecular weight is 186 g/mol. The van der Waals surface area contributed by atoms with Crippen LogP contribution in [0, 0.1) is 5.92 Å². The van der Waals surface area contributed by atoms with E-state index >= 15 is 0 Å². The van der Waals surface area contributed by atoms with Crippen molar-refractivity contribution in [1.29, 1.82) is 0 Å². The molecule has 0 aromatic carbocycles. The molecule has 0 aliphatic carbocycles. The number of hydroxylamine groups is 1. The van der Waals surface area contributed by atoms with E-state index in [0.29, 0.717) is 12.5 Å². The monoisotopic (exact) mass is 186 g/mol. The molecule has 0 bridgehead atoms. The normalized spacial score (nSPS) is 10.9. The van der Waals surface area contributed by atoms with Gasteiger partial charge in [-0.3, -0.25) is 0 Å². The highest BCUT2D eigenvalue weighted by molar-refractivity contribution is 7.09. The first-order valence-corrected chi connectivity index (χ1v) is 4.90. The van der Waals surface area contributed by atoms with Gasteiger partial charge in [0.25, 0.3) is 0 Å². The standard InChI is InChI=1S/C8H14N2OS/c1-7(2)6-11-10-5-8-9-3-4-12-8/h3-4,7,10H,5-6H2,1-2H3. The molecule has 1 heterocycles. The highest BCUT2D eigenvalue weighted by Crippen LogP contribution is 2.02. The smallest absolute Gasteiger partial charge is 0.109 e. The van der Waals surface area contributed by atoms with Crippen molar-refractivity contribution in [3.05, 3.63) is 16.6 Å². The number of nitrogens with zero attached hydrogens (tertiary/aromatic N) is 1. The number of hydrogen-bond acceptors (Lipinski definition) is 4. The fourth-order valence-electron chi connectivity index (χ4n) is 0.679. The van der Waals surface area contributed by atoms with Crippen molar-refractivity contribution in [3.63, 3.8) is 0 Å². The summed E-state index contributed by atoms with van der Waals surface area (Å²) in [5.74, 6) is 0.564. The lowest BCUT2D eigenvalue weighted by molar-refractivity contribution is 0.0196. The Morgan fingerprint density at radius 3 is 3.08 bits per heavy atom. The molecule has 1 aromatic rings. The molecule has 0 aliphatic rings. The largest absolute Gasteiger partial charge is 0.301 e. The summed E-state index contributed by atoms with van der Waals surface area (Å²) < 4.78 is 0. The van der Waals surface area contributed by atoms with Crippen molar-refractivity contribution in [3.8, 4) is 0 Å². The van der Waals surface area contributed by atoms with Crippen LogP contribution in [0.3, 0.4) is 0 Å². The summed E-state index contributed by atoms with van der Waals surface area (Å²) in [7, 11) is 0. The van der Waals surface area contributed by atoms with Crippen LogP contribution in [0.25, 0.3) is 0 Å². The molecule has 4 heteroatoms. The van der Waals surface area contributed by atoms with Gasteiger partial charge in [-0.1, -0.05) is 13.8 Å². The van der Waals surface area contributed by atoms with Crippen molar-refractivity contribution < 1.29 is 4.84 Å². The molecule has 0 saturated heterocycles. The Labute approximate surface area is 76.7 Å². The summed E-state index contributed by atoms with van der Waals surface area (Å²) in [5, 5.41) is 3.01. The van der Waals surface area contributed by atoms with Crippen LogP contribution >= 0.6 is 11.3 Å². The van der Waals surface area contributed by atoms with Crippen LogP contribution < -0.4 is 5.48 Å². The summed E-state index contributed by atoms with van der Waals surface area (Å²) in [6.45, 7) is 5.67. The first-order chi connectivity index (χ1) is 5.79. The van der Waals surface area contributed by atoms with Gasteiger partial charge in [0.1, 0.15) is 5.01 Å². The number of aromatic nitrogens is 1. The Kier molecular flexibility index (Phi) is 4.21. The molecule has 1 aromatic heterocycles. The molecule has 68 valence electrons. The fourth-order valence-corrected chi connectivity index (χ4v) is 1.22. The second-order valence-electron chi connectivity index (χ2n) is 2.95. The Morgan fingerprint density at radius 1 is 1.67 bits per heavy atom. The second kappa shape index (κ2) is 5.24. The van der Waals surface area contributed by atoms with E-state index in [2.05, 4.69) is 24.3 Å². The minimum atomic E-state index is 0.564. The highest BCUT2D eigenvalue weighted by atomic mass is 32.1. The zero-order valence-corrected chi connectivity index (χ0v) is 8.23. The van der Waals surface area contributed by atoms with Crippen molar-refractivity contribution in [1.82, 2.24) is 10.5 Å². The molecule has 0 fully saturated rings. The maximum absolute atomic E-state index is 5.19. The van der Waals surface area contributed by atoms with Crippen molar-refractivity contribution in [2.75, 3.05) is 6.61 Å². The number of nitrogens with one attached hydrogen (secondary N) is 1. The predicted molar refractivity (Wildman–Crippen MR) is 49.7 cm³/mol. The van der Waals surface area contributed by atoms with Gasteiger partial charge in [-0.15, -0.1) is 11.3 Å². The zero-order valence-electron chi connectivity index (χ0n) is 7.41. The van der Waals surface area contributed by atoms with Gasteiger partial charge in [-0.2, -0.15) is 5.48 Å². The van der Waals surface area contributed by atoms with Crippen LogP contribution in [0.2, 0.25) is 0 Å². The quantitative estimate of drug-likeness (QED) is 0.562. The van der Waals surface area contributed by atoms with E-state index in [9.17, 15) is 0 Å². The zero-order chi connectivity index (χ0) is 8.81. The maximum Gasteiger partial charge on any atom is 0.109 e. The van der Waals surface area contributed by atoms with E-state index in [1.165, 1.54) is 0 Å². The van der Waals surface area contributed by atoms with Gasteiger partial charge in [-0.25, -0.2) is 4.98 Å². The van der Waals surface area contributed by atoms with Crippen molar-refractivity contribution in [2.45, 2.75) is 20.4 Å². The molecule has 0 spiro atoms. The summed E-state index contributed by atoms with van der Waals surface area (Å²) in [6, 6.07) is 0. The van der Waals surface area contributed by atoms with Crippen molar-refractivity contribution >= 4 is 11.3 Å². The topological polar surface area (TPSA) is 34.1 Å². The maximum atomic E-state index is 5.19. The SMILES string of the molecule is CC(C)CONCc1nccs1. The van der Waals surface area contributed by atoms with Gasteiger partial charge >= 0.3 is 0 Å². The first kappa shape index (κ1) is 9.64.